The number of methoxy groups -OCH3 is 1. The Morgan fingerprint density at radius 3 is 2.14 bits per heavy atom. The summed E-state index contributed by atoms with van der Waals surface area (Å²) in [6, 6.07) is 28.9. The first-order chi connectivity index (χ1) is 14.2. The summed E-state index contributed by atoms with van der Waals surface area (Å²) in [6.45, 7) is 0. The highest BCUT2D eigenvalue weighted by Gasteiger charge is 2.17. The highest BCUT2D eigenvalue weighted by atomic mass is 16.5. The van der Waals surface area contributed by atoms with Crippen molar-refractivity contribution in [3.8, 4) is 0 Å². The standard InChI is InChI=1S/C23H20N4O2/c1-29-23(28)21-16-27(26-24-21)25-20-14-8-13-19(15-20)22(17-9-4-2-5-10-17)18-11-6-3-7-12-18/h2-16,22,25H,1H3. The van der Waals surface area contributed by atoms with Crippen LogP contribution in [0.3, 0.4) is 0 Å². The molecule has 0 aliphatic heterocycles. The normalized spacial score (nSPS) is 10.7. The Bertz CT molecular complexity index is 1050. The van der Waals surface area contributed by atoms with E-state index in [1.807, 2.05) is 24.3 Å². The Kier molecular flexibility index (Phi) is 5.33. The van der Waals surface area contributed by atoms with Crippen molar-refractivity contribution in [3.05, 3.63) is 114 Å². The zero-order chi connectivity index (χ0) is 20.1. The number of esters is 1. The van der Waals surface area contributed by atoms with Gasteiger partial charge in [-0.1, -0.05) is 72.8 Å². The molecule has 4 rings (SSSR count). The third-order valence-corrected chi connectivity index (χ3v) is 4.62. The van der Waals surface area contributed by atoms with Crippen LogP contribution in [0.1, 0.15) is 33.1 Å². The van der Waals surface area contributed by atoms with E-state index in [9.17, 15) is 4.79 Å². The molecule has 0 aliphatic carbocycles. The van der Waals surface area contributed by atoms with E-state index in [1.165, 1.54) is 29.2 Å². The van der Waals surface area contributed by atoms with Crippen LogP contribution in [-0.4, -0.2) is 28.2 Å². The fourth-order valence-corrected chi connectivity index (χ4v) is 3.30. The van der Waals surface area contributed by atoms with Crippen LogP contribution in [-0.2, 0) is 4.74 Å². The lowest BCUT2D eigenvalue weighted by molar-refractivity contribution is 0.0594. The van der Waals surface area contributed by atoms with E-state index in [1.54, 1.807) is 0 Å². The van der Waals surface area contributed by atoms with Crippen LogP contribution in [0.5, 0.6) is 0 Å². The lowest BCUT2D eigenvalue weighted by Crippen LogP contribution is -2.11. The second kappa shape index (κ2) is 8.39. The summed E-state index contributed by atoms with van der Waals surface area (Å²) in [5.74, 6) is -0.430. The molecule has 0 atom stereocenters. The van der Waals surface area contributed by atoms with E-state index in [2.05, 4.69) is 81.1 Å². The molecule has 0 aliphatic rings. The first-order valence-electron chi connectivity index (χ1n) is 9.22. The van der Waals surface area contributed by atoms with Gasteiger partial charge in [0.25, 0.3) is 0 Å². The van der Waals surface area contributed by atoms with E-state index in [4.69, 9.17) is 0 Å². The SMILES string of the molecule is COC(=O)c1cn(Nc2cccc(C(c3ccccc3)c3ccccc3)c2)nn1. The van der Waals surface area contributed by atoms with Gasteiger partial charge < -0.3 is 4.74 Å². The molecular weight excluding hydrogens is 364 g/mol. The second-order valence-corrected chi connectivity index (χ2v) is 6.53. The minimum atomic E-state index is -0.528. The Morgan fingerprint density at radius 1 is 0.897 bits per heavy atom. The Hall–Kier alpha value is -3.93. The Morgan fingerprint density at radius 2 is 1.52 bits per heavy atom. The average molecular weight is 384 g/mol. The number of rotatable bonds is 6. The summed E-state index contributed by atoms with van der Waals surface area (Å²) in [5, 5.41) is 7.74. The average Bonchev–Trinajstić information content (AvgIpc) is 3.24. The van der Waals surface area contributed by atoms with Gasteiger partial charge in [-0.3, -0.25) is 5.43 Å². The van der Waals surface area contributed by atoms with Crippen molar-refractivity contribution in [2.75, 3.05) is 12.5 Å². The first kappa shape index (κ1) is 18.4. The molecule has 6 heteroatoms. The van der Waals surface area contributed by atoms with Crippen LogP contribution in [0.2, 0.25) is 0 Å². The zero-order valence-corrected chi connectivity index (χ0v) is 15.9. The quantitative estimate of drug-likeness (QED) is 0.400. The predicted molar refractivity (Wildman–Crippen MR) is 111 cm³/mol. The van der Waals surface area contributed by atoms with Gasteiger partial charge in [0.2, 0.25) is 0 Å². The van der Waals surface area contributed by atoms with Crippen LogP contribution in [0, 0.1) is 0 Å². The predicted octanol–water partition coefficient (Wildman–Crippen LogP) is 4.12. The number of hydrogen-bond acceptors (Lipinski definition) is 5. The van der Waals surface area contributed by atoms with E-state index < -0.39 is 5.97 Å². The van der Waals surface area contributed by atoms with Crippen LogP contribution in [0.25, 0.3) is 0 Å². The number of anilines is 1. The van der Waals surface area contributed by atoms with Gasteiger partial charge in [-0.15, -0.1) is 5.10 Å². The minimum absolute atomic E-state index is 0.0977. The molecule has 0 amide bonds. The van der Waals surface area contributed by atoms with Crippen molar-refractivity contribution >= 4 is 11.7 Å². The molecule has 29 heavy (non-hydrogen) atoms. The van der Waals surface area contributed by atoms with Gasteiger partial charge >= 0.3 is 5.97 Å². The molecule has 0 saturated heterocycles. The van der Waals surface area contributed by atoms with Crippen molar-refractivity contribution < 1.29 is 9.53 Å². The zero-order valence-electron chi connectivity index (χ0n) is 15.9. The van der Waals surface area contributed by atoms with Gasteiger partial charge in [-0.05, 0) is 34.0 Å². The van der Waals surface area contributed by atoms with Crippen molar-refractivity contribution in [2.45, 2.75) is 5.92 Å². The summed E-state index contributed by atoms with van der Waals surface area (Å²) in [6.07, 6.45) is 1.49. The number of hydrogen-bond donors (Lipinski definition) is 1. The molecule has 0 unspecified atom stereocenters. The molecule has 6 nitrogen and oxygen atoms in total. The molecule has 4 aromatic rings. The molecule has 0 radical (unpaired) electrons. The molecule has 0 spiro atoms. The van der Waals surface area contributed by atoms with Gasteiger partial charge in [0.05, 0.1) is 19.0 Å². The van der Waals surface area contributed by atoms with E-state index in [-0.39, 0.29) is 11.6 Å². The van der Waals surface area contributed by atoms with Crippen LogP contribution >= 0.6 is 0 Å². The molecule has 144 valence electrons. The fourth-order valence-electron chi connectivity index (χ4n) is 3.30. The molecule has 0 bridgehead atoms. The third-order valence-electron chi connectivity index (χ3n) is 4.62. The van der Waals surface area contributed by atoms with Crippen molar-refractivity contribution in [2.24, 2.45) is 0 Å². The number of nitrogens with one attached hydrogen (secondary N) is 1. The monoisotopic (exact) mass is 384 g/mol. The van der Waals surface area contributed by atoms with Gasteiger partial charge in [0, 0.05) is 5.92 Å². The van der Waals surface area contributed by atoms with Crippen molar-refractivity contribution in [1.29, 1.82) is 0 Å². The summed E-state index contributed by atoms with van der Waals surface area (Å²) >= 11 is 0. The maximum Gasteiger partial charge on any atom is 0.360 e. The first-order valence-corrected chi connectivity index (χ1v) is 9.22. The molecule has 1 heterocycles. The Balaban J connectivity index is 1.67. The maximum absolute atomic E-state index is 11.6. The lowest BCUT2D eigenvalue weighted by Gasteiger charge is -2.20. The number of nitrogens with zero attached hydrogens (tertiary/aromatic N) is 3. The smallest absolute Gasteiger partial charge is 0.360 e. The summed E-state index contributed by atoms with van der Waals surface area (Å²) in [7, 11) is 1.31. The van der Waals surface area contributed by atoms with Gasteiger partial charge in [-0.2, -0.15) is 4.79 Å². The number of carbonyl (C=O) groups is 1. The largest absolute Gasteiger partial charge is 0.464 e. The van der Waals surface area contributed by atoms with Crippen LogP contribution in [0.15, 0.2) is 91.1 Å². The minimum Gasteiger partial charge on any atom is -0.464 e. The van der Waals surface area contributed by atoms with E-state index >= 15 is 0 Å². The highest BCUT2D eigenvalue weighted by molar-refractivity contribution is 5.86. The summed E-state index contributed by atoms with van der Waals surface area (Å²) in [4.78, 5) is 13.0. The molecule has 1 N–H and O–H groups in total. The number of ether oxygens (including phenoxy) is 1. The number of aromatic nitrogens is 3. The van der Waals surface area contributed by atoms with E-state index in [0.717, 1.165) is 11.3 Å². The van der Waals surface area contributed by atoms with Gasteiger partial charge in [-0.25, -0.2) is 4.79 Å². The summed E-state index contributed by atoms with van der Waals surface area (Å²) in [5.41, 5.74) is 7.68. The topological polar surface area (TPSA) is 69.0 Å². The van der Waals surface area contributed by atoms with Gasteiger partial charge in [0.1, 0.15) is 0 Å². The molecule has 0 saturated carbocycles. The fraction of sp³-hybridized carbons (Fsp3) is 0.0870. The second-order valence-electron chi connectivity index (χ2n) is 6.53. The Labute approximate surface area is 168 Å². The van der Waals surface area contributed by atoms with Crippen LogP contribution in [0.4, 0.5) is 5.69 Å². The van der Waals surface area contributed by atoms with Crippen molar-refractivity contribution in [1.82, 2.24) is 15.1 Å². The third kappa shape index (κ3) is 4.16. The van der Waals surface area contributed by atoms with Gasteiger partial charge in [0.15, 0.2) is 5.69 Å². The number of benzene rings is 3. The molecular formula is C23H20N4O2. The van der Waals surface area contributed by atoms with Crippen LogP contribution < -0.4 is 5.43 Å². The molecule has 0 fully saturated rings. The van der Waals surface area contributed by atoms with E-state index in [0.29, 0.717) is 0 Å². The molecule has 1 aromatic heterocycles. The highest BCUT2D eigenvalue weighted by Crippen LogP contribution is 2.32. The lowest BCUT2D eigenvalue weighted by atomic mass is 9.85. The summed E-state index contributed by atoms with van der Waals surface area (Å²) < 4.78 is 4.67. The molecule has 3 aromatic carbocycles. The maximum atomic E-state index is 11.6. The number of carbonyl (C=O) groups excluding carboxylic acids is 1. The van der Waals surface area contributed by atoms with Crippen molar-refractivity contribution in [3.63, 3.8) is 0 Å².